The minimum Gasteiger partial charge on any atom is -0.366 e. The van der Waals surface area contributed by atoms with E-state index in [0.29, 0.717) is 6.04 Å². The average molecular weight is 195 g/mol. The van der Waals surface area contributed by atoms with E-state index in [1.165, 1.54) is 19.3 Å². The van der Waals surface area contributed by atoms with Crippen molar-refractivity contribution < 1.29 is 0 Å². The van der Waals surface area contributed by atoms with Crippen molar-refractivity contribution in [3.8, 4) is 0 Å². The zero-order chi connectivity index (χ0) is 10.4. The van der Waals surface area contributed by atoms with Crippen molar-refractivity contribution in [1.29, 1.82) is 0 Å². The molecule has 0 spiro atoms. The van der Waals surface area contributed by atoms with Crippen LogP contribution in [0.25, 0.3) is 0 Å². The maximum atomic E-state index is 4.31. The molecule has 1 aromatic rings. The molecule has 0 saturated carbocycles. The summed E-state index contributed by atoms with van der Waals surface area (Å²) in [5.41, 5.74) is 0. The number of aromatic nitrogens is 2. The number of hydrogen-bond acceptors (Lipinski definition) is 2. The minimum absolute atomic E-state index is 0.574. The molecule has 0 fully saturated rings. The van der Waals surface area contributed by atoms with E-state index >= 15 is 0 Å². The van der Waals surface area contributed by atoms with E-state index in [9.17, 15) is 0 Å². The molecule has 0 unspecified atom stereocenters. The van der Waals surface area contributed by atoms with Crippen molar-refractivity contribution in [3.05, 3.63) is 12.3 Å². The lowest BCUT2D eigenvalue weighted by atomic mass is 10.1. The first-order valence-electron chi connectivity index (χ1n) is 5.52. The molecule has 0 radical (unpaired) electrons. The highest BCUT2D eigenvalue weighted by molar-refractivity contribution is 5.33. The molecule has 1 aromatic heterocycles. The first kappa shape index (κ1) is 11.1. The molecule has 0 aromatic carbocycles. The maximum absolute atomic E-state index is 4.31. The van der Waals surface area contributed by atoms with Crippen LogP contribution >= 0.6 is 0 Å². The fourth-order valence-corrected chi connectivity index (χ4v) is 1.53. The standard InChI is InChI=1S/C11H21N3/c1-4-6-7-10(5-2)12-11-8-9-14(3)13-11/h8-10H,4-7H2,1-3H3,(H,12,13)/t10-/m1/s1. The number of anilines is 1. The number of nitrogens with zero attached hydrogens (tertiary/aromatic N) is 2. The Morgan fingerprint density at radius 2 is 2.29 bits per heavy atom. The van der Waals surface area contributed by atoms with Gasteiger partial charge in [-0.05, 0) is 12.8 Å². The highest BCUT2D eigenvalue weighted by Gasteiger charge is 2.06. The molecule has 80 valence electrons. The summed E-state index contributed by atoms with van der Waals surface area (Å²) in [7, 11) is 1.94. The van der Waals surface area contributed by atoms with Crippen LogP contribution in [0, 0.1) is 0 Å². The van der Waals surface area contributed by atoms with Crippen molar-refractivity contribution in [2.45, 2.75) is 45.6 Å². The summed E-state index contributed by atoms with van der Waals surface area (Å²) >= 11 is 0. The zero-order valence-electron chi connectivity index (χ0n) is 9.45. The van der Waals surface area contributed by atoms with Gasteiger partial charge in [0, 0.05) is 25.4 Å². The van der Waals surface area contributed by atoms with E-state index < -0.39 is 0 Å². The van der Waals surface area contributed by atoms with Gasteiger partial charge in [-0.3, -0.25) is 4.68 Å². The minimum atomic E-state index is 0.574. The Hall–Kier alpha value is -0.990. The normalized spacial score (nSPS) is 12.8. The van der Waals surface area contributed by atoms with Gasteiger partial charge in [0.25, 0.3) is 0 Å². The zero-order valence-corrected chi connectivity index (χ0v) is 9.45. The van der Waals surface area contributed by atoms with Crippen LogP contribution in [0.2, 0.25) is 0 Å². The van der Waals surface area contributed by atoms with Gasteiger partial charge in [-0.1, -0.05) is 26.7 Å². The van der Waals surface area contributed by atoms with Gasteiger partial charge in [-0.15, -0.1) is 0 Å². The number of nitrogens with one attached hydrogen (secondary N) is 1. The molecular formula is C11H21N3. The van der Waals surface area contributed by atoms with Crippen molar-refractivity contribution >= 4 is 5.82 Å². The first-order chi connectivity index (χ1) is 6.76. The average Bonchev–Trinajstić information content (AvgIpc) is 2.58. The Balaban J connectivity index is 2.40. The SMILES string of the molecule is CCCC[C@@H](CC)Nc1ccn(C)n1. The second-order valence-corrected chi connectivity index (χ2v) is 3.77. The van der Waals surface area contributed by atoms with Crippen molar-refractivity contribution in [1.82, 2.24) is 9.78 Å². The molecule has 1 N–H and O–H groups in total. The van der Waals surface area contributed by atoms with Gasteiger partial charge >= 0.3 is 0 Å². The number of rotatable bonds is 6. The van der Waals surface area contributed by atoms with E-state index in [0.717, 1.165) is 12.2 Å². The fourth-order valence-electron chi connectivity index (χ4n) is 1.53. The second kappa shape index (κ2) is 5.68. The Kier molecular flexibility index (Phi) is 4.50. The van der Waals surface area contributed by atoms with Crippen LogP contribution in [0.3, 0.4) is 0 Å². The quantitative estimate of drug-likeness (QED) is 0.756. The fraction of sp³-hybridized carbons (Fsp3) is 0.727. The molecule has 1 atom stereocenters. The molecule has 3 heteroatoms. The maximum Gasteiger partial charge on any atom is 0.148 e. The highest BCUT2D eigenvalue weighted by Crippen LogP contribution is 2.11. The van der Waals surface area contributed by atoms with Gasteiger partial charge in [0.15, 0.2) is 0 Å². The predicted octanol–water partition coefficient (Wildman–Crippen LogP) is 2.80. The summed E-state index contributed by atoms with van der Waals surface area (Å²) in [5, 5.41) is 7.76. The van der Waals surface area contributed by atoms with Crippen LogP contribution in [0.15, 0.2) is 12.3 Å². The van der Waals surface area contributed by atoms with E-state index in [-0.39, 0.29) is 0 Å². The van der Waals surface area contributed by atoms with Gasteiger partial charge in [0.2, 0.25) is 0 Å². The van der Waals surface area contributed by atoms with E-state index in [4.69, 9.17) is 0 Å². The Bertz CT molecular complexity index is 255. The molecular weight excluding hydrogens is 174 g/mol. The van der Waals surface area contributed by atoms with Crippen LogP contribution in [0.1, 0.15) is 39.5 Å². The third-order valence-corrected chi connectivity index (χ3v) is 2.46. The lowest BCUT2D eigenvalue weighted by molar-refractivity contribution is 0.590. The largest absolute Gasteiger partial charge is 0.366 e. The molecule has 0 saturated heterocycles. The van der Waals surface area contributed by atoms with Crippen LogP contribution in [0.4, 0.5) is 5.82 Å². The summed E-state index contributed by atoms with van der Waals surface area (Å²) in [6.07, 6.45) is 6.92. The lowest BCUT2D eigenvalue weighted by Gasteiger charge is -2.15. The number of unbranched alkanes of at least 4 members (excludes halogenated alkanes) is 1. The molecule has 0 aliphatic carbocycles. The Morgan fingerprint density at radius 1 is 1.50 bits per heavy atom. The van der Waals surface area contributed by atoms with Crippen LogP contribution in [-0.2, 0) is 7.05 Å². The molecule has 3 nitrogen and oxygen atoms in total. The molecule has 0 aliphatic heterocycles. The van der Waals surface area contributed by atoms with Gasteiger partial charge in [-0.25, -0.2) is 0 Å². The van der Waals surface area contributed by atoms with Gasteiger partial charge in [0.05, 0.1) is 0 Å². The topological polar surface area (TPSA) is 29.9 Å². The van der Waals surface area contributed by atoms with Crippen molar-refractivity contribution in [2.24, 2.45) is 7.05 Å². The van der Waals surface area contributed by atoms with Crippen molar-refractivity contribution in [2.75, 3.05) is 5.32 Å². The molecule has 1 heterocycles. The Morgan fingerprint density at radius 3 is 2.79 bits per heavy atom. The summed E-state index contributed by atoms with van der Waals surface area (Å²) in [6, 6.07) is 2.60. The lowest BCUT2D eigenvalue weighted by Crippen LogP contribution is -2.18. The third kappa shape index (κ3) is 3.40. The van der Waals surface area contributed by atoms with E-state index in [2.05, 4.69) is 24.3 Å². The van der Waals surface area contributed by atoms with Crippen LogP contribution in [-0.4, -0.2) is 15.8 Å². The molecule has 1 rings (SSSR count). The molecule has 14 heavy (non-hydrogen) atoms. The highest BCUT2D eigenvalue weighted by atomic mass is 15.3. The van der Waals surface area contributed by atoms with Gasteiger partial charge in [-0.2, -0.15) is 5.10 Å². The third-order valence-electron chi connectivity index (χ3n) is 2.46. The van der Waals surface area contributed by atoms with Crippen LogP contribution < -0.4 is 5.32 Å². The molecule has 0 amide bonds. The van der Waals surface area contributed by atoms with Gasteiger partial charge < -0.3 is 5.32 Å². The Labute approximate surface area is 86.5 Å². The monoisotopic (exact) mass is 195 g/mol. The van der Waals surface area contributed by atoms with Gasteiger partial charge in [0.1, 0.15) is 5.82 Å². The van der Waals surface area contributed by atoms with Crippen molar-refractivity contribution in [3.63, 3.8) is 0 Å². The van der Waals surface area contributed by atoms with E-state index in [1.807, 2.05) is 24.0 Å². The first-order valence-corrected chi connectivity index (χ1v) is 5.52. The number of hydrogen-bond donors (Lipinski definition) is 1. The van der Waals surface area contributed by atoms with E-state index in [1.54, 1.807) is 0 Å². The predicted molar refractivity (Wildman–Crippen MR) is 60.4 cm³/mol. The summed E-state index contributed by atoms with van der Waals surface area (Å²) in [4.78, 5) is 0. The second-order valence-electron chi connectivity index (χ2n) is 3.77. The summed E-state index contributed by atoms with van der Waals surface area (Å²) in [5.74, 6) is 0.996. The van der Waals surface area contributed by atoms with Crippen LogP contribution in [0.5, 0.6) is 0 Å². The molecule has 0 bridgehead atoms. The smallest absolute Gasteiger partial charge is 0.148 e. The number of aryl methyl sites for hydroxylation is 1. The summed E-state index contributed by atoms with van der Waals surface area (Å²) < 4.78 is 1.83. The molecule has 0 aliphatic rings. The summed E-state index contributed by atoms with van der Waals surface area (Å²) in [6.45, 7) is 4.45.